The fourth-order valence-electron chi connectivity index (χ4n) is 1.91. The van der Waals surface area contributed by atoms with E-state index in [2.05, 4.69) is 10.1 Å². The Labute approximate surface area is 148 Å². The maximum atomic E-state index is 12.3. The average Bonchev–Trinajstić information content (AvgIpc) is 2.61. The molecule has 0 aromatic heterocycles. The minimum Gasteiger partial charge on any atom is -0.339 e. The van der Waals surface area contributed by atoms with E-state index in [4.69, 9.17) is 4.52 Å². The summed E-state index contributed by atoms with van der Waals surface area (Å²) >= 11 is 1.25. The predicted octanol–water partition coefficient (Wildman–Crippen LogP) is 4.32. The van der Waals surface area contributed by atoms with Crippen LogP contribution in [0.15, 0.2) is 29.3 Å². The van der Waals surface area contributed by atoms with E-state index < -0.39 is 6.72 Å². The molecule has 1 rings (SSSR count). The number of benzene rings is 1. The lowest BCUT2D eigenvalue weighted by Gasteiger charge is -2.18. The van der Waals surface area contributed by atoms with Crippen LogP contribution in [0, 0.1) is 0 Å². The first-order valence-corrected chi connectivity index (χ1v) is 11.2. The molecule has 6 nitrogen and oxygen atoms in total. The predicted molar refractivity (Wildman–Crippen MR) is 102 cm³/mol. The van der Waals surface area contributed by atoms with Crippen molar-refractivity contribution in [1.29, 1.82) is 0 Å². The molecule has 0 aliphatic rings. The molecule has 0 heterocycles. The summed E-state index contributed by atoms with van der Waals surface area (Å²) in [5.74, 6) is 0.752. The number of aliphatic imine (C=N–C) groups is 1. The highest BCUT2D eigenvalue weighted by atomic mass is 32.7. The molecule has 0 fully saturated rings. The smallest absolute Gasteiger partial charge is 0.339 e. The molecule has 134 valence electrons. The summed E-state index contributed by atoms with van der Waals surface area (Å²) in [4.78, 5) is 18.2. The second-order valence-electron chi connectivity index (χ2n) is 4.92. The van der Waals surface area contributed by atoms with Crippen LogP contribution < -0.4 is 5.09 Å². The van der Waals surface area contributed by atoms with Crippen molar-refractivity contribution < 1.29 is 13.9 Å². The third-order valence-electron chi connectivity index (χ3n) is 3.30. The average molecular weight is 371 g/mol. The van der Waals surface area contributed by atoms with Crippen LogP contribution in [-0.4, -0.2) is 43.1 Å². The van der Waals surface area contributed by atoms with Gasteiger partial charge in [0.15, 0.2) is 0 Å². The lowest BCUT2D eigenvalue weighted by molar-refractivity contribution is 0.0773. The molecule has 0 saturated heterocycles. The molecule has 1 atom stereocenters. The fraction of sp³-hybridized carbons (Fsp3) is 0.500. The van der Waals surface area contributed by atoms with Gasteiger partial charge >= 0.3 is 6.72 Å². The van der Waals surface area contributed by atoms with Crippen molar-refractivity contribution >= 4 is 36.0 Å². The Morgan fingerprint density at radius 3 is 2.42 bits per heavy atom. The Morgan fingerprint density at radius 1 is 1.29 bits per heavy atom. The van der Waals surface area contributed by atoms with E-state index in [-0.39, 0.29) is 5.91 Å². The number of amides is 1. The van der Waals surface area contributed by atoms with E-state index in [0.29, 0.717) is 24.3 Å². The van der Waals surface area contributed by atoms with Gasteiger partial charge in [0.1, 0.15) is 0 Å². The van der Waals surface area contributed by atoms with Crippen molar-refractivity contribution in [2.75, 3.05) is 26.0 Å². The van der Waals surface area contributed by atoms with Crippen molar-refractivity contribution in [2.45, 2.75) is 27.2 Å². The van der Waals surface area contributed by atoms with E-state index in [0.717, 1.165) is 12.2 Å². The van der Waals surface area contributed by atoms with Gasteiger partial charge in [-0.15, -0.1) is 0 Å². The molecular formula is C16H26N3O3PS. The molecule has 0 bridgehead atoms. The Hall–Kier alpha value is -1.30. The van der Waals surface area contributed by atoms with E-state index in [9.17, 15) is 9.36 Å². The van der Waals surface area contributed by atoms with Gasteiger partial charge < -0.3 is 9.42 Å². The molecule has 0 radical (unpaired) electrons. The highest BCUT2D eigenvalue weighted by Crippen LogP contribution is 2.54. The monoisotopic (exact) mass is 371 g/mol. The SMILES string of the molecule is CCCSP(=O)(NC=Nc1ccc(C(=O)N(CC)CC)cc1)OC. The molecule has 1 aromatic carbocycles. The van der Waals surface area contributed by atoms with Crippen molar-refractivity contribution in [3.05, 3.63) is 29.8 Å². The number of rotatable bonds is 10. The number of carbonyl (C=O) groups is 1. The van der Waals surface area contributed by atoms with Crippen molar-refractivity contribution in [1.82, 2.24) is 9.99 Å². The van der Waals surface area contributed by atoms with Crippen molar-refractivity contribution in [2.24, 2.45) is 4.99 Å². The molecule has 1 N–H and O–H groups in total. The fourth-order valence-corrected chi connectivity index (χ4v) is 4.77. The quantitative estimate of drug-likeness (QED) is 0.377. The molecule has 0 aliphatic carbocycles. The number of nitrogens with zero attached hydrogens (tertiary/aromatic N) is 2. The van der Waals surface area contributed by atoms with Gasteiger partial charge in [-0.3, -0.25) is 14.4 Å². The molecule has 1 aromatic rings. The largest absolute Gasteiger partial charge is 0.351 e. The van der Waals surface area contributed by atoms with Gasteiger partial charge in [-0.1, -0.05) is 6.92 Å². The molecule has 0 saturated carbocycles. The van der Waals surface area contributed by atoms with Gasteiger partial charge in [0, 0.05) is 31.5 Å². The Morgan fingerprint density at radius 2 is 1.92 bits per heavy atom. The molecule has 8 heteroatoms. The minimum atomic E-state index is -2.94. The normalized spacial score (nSPS) is 13.7. The Bertz CT molecular complexity index is 589. The number of hydrogen-bond donors (Lipinski definition) is 1. The summed E-state index contributed by atoms with van der Waals surface area (Å²) in [6.07, 6.45) is 2.30. The van der Waals surface area contributed by atoms with E-state index in [1.165, 1.54) is 24.8 Å². The van der Waals surface area contributed by atoms with Crippen molar-refractivity contribution in [3.63, 3.8) is 0 Å². The zero-order valence-corrected chi connectivity index (χ0v) is 16.4. The summed E-state index contributed by atoms with van der Waals surface area (Å²) in [6, 6.07) is 7.00. The van der Waals surface area contributed by atoms with Crippen LogP contribution in [-0.2, 0) is 9.09 Å². The van der Waals surface area contributed by atoms with E-state index in [1.807, 2.05) is 20.8 Å². The molecule has 1 unspecified atom stereocenters. The summed E-state index contributed by atoms with van der Waals surface area (Å²) < 4.78 is 17.3. The number of hydrogen-bond acceptors (Lipinski definition) is 5. The van der Waals surface area contributed by atoms with E-state index in [1.54, 1.807) is 29.2 Å². The molecule has 1 amide bonds. The maximum Gasteiger partial charge on any atom is 0.351 e. The van der Waals surface area contributed by atoms with Crippen molar-refractivity contribution in [3.8, 4) is 0 Å². The first kappa shape index (κ1) is 20.7. The van der Waals surface area contributed by atoms with Crippen LogP contribution in [0.2, 0.25) is 0 Å². The summed E-state index contributed by atoms with van der Waals surface area (Å²) in [7, 11) is 1.41. The van der Waals surface area contributed by atoms with E-state index >= 15 is 0 Å². The third kappa shape index (κ3) is 6.30. The van der Waals surface area contributed by atoms with Gasteiger partial charge in [-0.25, -0.2) is 4.99 Å². The van der Waals surface area contributed by atoms with Crippen LogP contribution in [0.1, 0.15) is 37.6 Å². The molecular weight excluding hydrogens is 345 g/mol. The highest BCUT2D eigenvalue weighted by molar-refractivity contribution is 8.56. The van der Waals surface area contributed by atoms with Gasteiger partial charge in [0.25, 0.3) is 5.91 Å². The minimum absolute atomic E-state index is 0.00787. The molecule has 0 spiro atoms. The second-order valence-corrected chi connectivity index (χ2v) is 9.43. The number of carbonyl (C=O) groups excluding carboxylic acids is 1. The summed E-state index contributed by atoms with van der Waals surface area (Å²) in [5.41, 5.74) is 1.30. The standard InChI is InChI=1S/C16H26N3O3PS/c1-5-12-24-23(21,22-4)18-13-17-15-10-8-14(9-11-15)16(20)19(6-2)7-3/h8-11,13H,5-7,12H2,1-4H3,(H,17,18,21). The van der Waals surface area contributed by atoms with Crippen LogP contribution in [0.3, 0.4) is 0 Å². The Kier molecular flexibility index (Phi) is 9.11. The zero-order valence-electron chi connectivity index (χ0n) is 14.7. The van der Waals surface area contributed by atoms with Crippen LogP contribution >= 0.6 is 18.1 Å². The summed E-state index contributed by atoms with van der Waals surface area (Å²) in [5, 5.41) is 2.73. The van der Waals surface area contributed by atoms with Crippen LogP contribution in [0.25, 0.3) is 0 Å². The van der Waals surface area contributed by atoms with Crippen LogP contribution in [0.5, 0.6) is 0 Å². The van der Waals surface area contributed by atoms with Gasteiger partial charge in [-0.2, -0.15) is 0 Å². The zero-order chi connectivity index (χ0) is 18.0. The third-order valence-corrected chi connectivity index (χ3v) is 7.47. The second kappa shape index (κ2) is 10.5. The van der Waals surface area contributed by atoms with Gasteiger partial charge in [-0.05, 0) is 55.9 Å². The lowest BCUT2D eigenvalue weighted by atomic mass is 10.2. The van der Waals surface area contributed by atoms with Gasteiger partial charge in [0.05, 0.1) is 12.0 Å². The first-order valence-electron chi connectivity index (χ1n) is 7.99. The first-order chi connectivity index (χ1) is 11.5. The molecule has 24 heavy (non-hydrogen) atoms. The maximum absolute atomic E-state index is 12.3. The van der Waals surface area contributed by atoms with Gasteiger partial charge in [0.2, 0.25) is 0 Å². The topological polar surface area (TPSA) is 71.0 Å². The Balaban J connectivity index is 2.70. The summed E-state index contributed by atoms with van der Waals surface area (Å²) in [6.45, 7) is 4.34. The lowest BCUT2D eigenvalue weighted by Crippen LogP contribution is -2.30. The highest BCUT2D eigenvalue weighted by Gasteiger charge is 2.19. The molecule has 0 aliphatic heterocycles. The number of nitrogens with one attached hydrogen (secondary N) is 1. The van der Waals surface area contributed by atoms with Crippen LogP contribution in [0.4, 0.5) is 5.69 Å².